The van der Waals surface area contributed by atoms with Gasteiger partial charge in [0.05, 0.1) is 5.69 Å². The lowest BCUT2D eigenvalue weighted by Gasteiger charge is -2.12. The van der Waals surface area contributed by atoms with Gasteiger partial charge in [0, 0.05) is 45.6 Å². The van der Waals surface area contributed by atoms with Crippen molar-refractivity contribution in [3.05, 3.63) is 102 Å². The van der Waals surface area contributed by atoms with Crippen LogP contribution in [-0.2, 0) is 0 Å². The Bertz CT molecular complexity index is 1200. The highest BCUT2D eigenvalue weighted by molar-refractivity contribution is 6.27. The highest BCUT2D eigenvalue weighted by atomic mass is 19.1. The molecule has 1 aromatic heterocycles. The number of fused-ring (bicyclic) bond motifs is 2. The topological polar surface area (TPSA) is 28.1 Å². The molecule has 0 saturated carbocycles. The van der Waals surface area contributed by atoms with Crippen molar-refractivity contribution >= 4 is 34.0 Å². The summed E-state index contributed by atoms with van der Waals surface area (Å²) in [4.78, 5) is 7.88. The Balaban J connectivity index is 1.86. The molecular weight excluding hydrogens is 323 g/mol. The molecule has 0 fully saturated rings. The second kappa shape index (κ2) is 5.81. The van der Waals surface area contributed by atoms with E-state index in [1.165, 1.54) is 6.07 Å². The molecule has 0 bridgehead atoms. The van der Waals surface area contributed by atoms with Crippen molar-refractivity contribution in [2.45, 2.75) is 0 Å². The van der Waals surface area contributed by atoms with E-state index in [2.05, 4.69) is 22.1 Å². The molecule has 2 heterocycles. The summed E-state index contributed by atoms with van der Waals surface area (Å²) in [6.45, 7) is 0. The van der Waals surface area contributed by atoms with E-state index in [-0.39, 0.29) is 5.82 Å². The molecule has 124 valence electrons. The number of nitrogens with one attached hydrogen (secondary N) is 1. The number of H-pyrrole nitrogens is 1. The largest absolute Gasteiger partial charge is 0.361 e. The van der Waals surface area contributed by atoms with Gasteiger partial charge in [0.1, 0.15) is 5.82 Å². The zero-order valence-corrected chi connectivity index (χ0v) is 13.9. The quantitative estimate of drug-likeness (QED) is 0.465. The van der Waals surface area contributed by atoms with Gasteiger partial charge in [-0.05, 0) is 29.8 Å². The average Bonchev–Trinajstić information content (AvgIpc) is 3.28. The molecule has 0 saturated heterocycles. The number of allylic oxidation sites excluding steroid dienone is 1. The van der Waals surface area contributed by atoms with Gasteiger partial charge in [-0.25, -0.2) is 4.39 Å². The summed E-state index contributed by atoms with van der Waals surface area (Å²) in [5.74, 6) is -0.247. The zero-order valence-electron chi connectivity index (χ0n) is 13.9. The highest BCUT2D eigenvalue weighted by Crippen LogP contribution is 2.40. The third-order valence-corrected chi connectivity index (χ3v) is 4.77. The number of aromatic amines is 1. The van der Waals surface area contributed by atoms with Gasteiger partial charge in [0.15, 0.2) is 0 Å². The predicted molar refractivity (Wildman–Crippen MR) is 105 cm³/mol. The Labute approximate surface area is 150 Å². The van der Waals surface area contributed by atoms with Crippen molar-refractivity contribution in [3.63, 3.8) is 0 Å². The Morgan fingerprint density at radius 1 is 0.885 bits per heavy atom. The molecule has 0 unspecified atom stereocenters. The van der Waals surface area contributed by atoms with E-state index in [1.54, 1.807) is 12.1 Å². The van der Waals surface area contributed by atoms with Crippen molar-refractivity contribution < 1.29 is 4.39 Å². The van der Waals surface area contributed by atoms with E-state index in [4.69, 9.17) is 0 Å². The number of aliphatic imine (C=N–C) groups is 1. The van der Waals surface area contributed by atoms with Crippen molar-refractivity contribution in [1.82, 2.24) is 4.98 Å². The molecule has 0 amide bonds. The number of para-hydroxylation sites is 2. The lowest BCUT2D eigenvalue weighted by Crippen LogP contribution is -1.94. The van der Waals surface area contributed by atoms with Crippen LogP contribution in [0.25, 0.3) is 22.0 Å². The van der Waals surface area contributed by atoms with Crippen molar-refractivity contribution in [1.29, 1.82) is 0 Å². The molecule has 26 heavy (non-hydrogen) atoms. The minimum Gasteiger partial charge on any atom is -0.361 e. The van der Waals surface area contributed by atoms with Crippen LogP contribution in [0.1, 0.15) is 16.7 Å². The monoisotopic (exact) mass is 338 g/mol. The van der Waals surface area contributed by atoms with Crippen molar-refractivity contribution in [2.75, 3.05) is 0 Å². The van der Waals surface area contributed by atoms with E-state index in [0.717, 1.165) is 44.4 Å². The average molecular weight is 338 g/mol. The van der Waals surface area contributed by atoms with Crippen LogP contribution in [0.4, 0.5) is 10.1 Å². The Morgan fingerprint density at radius 3 is 2.65 bits per heavy atom. The molecule has 0 spiro atoms. The van der Waals surface area contributed by atoms with Crippen LogP contribution in [0.2, 0.25) is 0 Å². The molecule has 1 N–H and O–H groups in total. The molecule has 2 nitrogen and oxygen atoms in total. The fourth-order valence-electron chi connectivity index (χ4n) is 3.60. The maximum absolute atomic E-state index is 14.0. The number of hydrogen-bond acceptors (Lipinski definition) is 1. The van der Waals surface area contributed by atoms with Crippen LogP contribution in [0, 0.1) is 5.82 Å². The third-order valence-electron chi connectivity index (χ3n) is 4.77. The molecule has 3 heteroatoms. The Hall–Kier alpha value is -3.46. The smallest absolute Gasteiger partial charge is 0.123 e. The summed E-state index contributed by atoms with van der Waals surface area (Å²) in [6.07, 6.45) is 3.87. The molecule has 5 rings (SSSR count). The van der Waals surface area contributed by atoms with Crippen LogP contribution in [0.15, 0.2) is 84.0 Å². The van der Waals surface area contributed by atoms with Gasteiger partial charge in [-0.1, -0.05) is 48.5 Å². The fraction of sp³-hybridized carbons (Fsp3) is 0. The lowest BCUT2D eigenvalue weighted by atomic mass is 9.90. The first kappa shape index (κ1) is 14.8. The molecule has 1 aliphatic heterocycles. The summed E-state index contributed by atoms with van der Waals surface area (Å²) in [5, 5.41) is 1.11. The lowest BCUT2D eigenvalue weighted by molar-refractivity contribution is 0.627. The van der Waals surface area contributed by atoms with Crippen LogP contribution in [-0.4, -0.2) is 11.2 Å². The summed E-state index contributed by atoms with van der Waals surface area (Å²) in [6, 6.07) is 22.9. The molecule has 0 atom stereocenters. The zero-order chi connectivity index (χ0) is 17.5. The van der Waals surface area contributed by atoms with Gasteiger partial charge in [0.2, 0.25) is 0 Å². The number of hydrogen-bond donors (Lipinski definition) is 1. The normalized spacial score (nSPS) is 14.7. The second-order valence-corrected chi connectivity index (χ2v) is 6.32. The maximum atomic E-state index is 14.0. The molecule has 0 aliphatic carbocycles. The summed E-state index contributed by atoms with van der Waals surface area (Å²) >= 11 is 0. The van der Waals surface area contributed by atoms with Crippen LogP contribution < -0.4 is 0 Å². The Morgan fingerprint density at radius 2 is 1.73 bits per heavy atom. The Kier molecular flexibility index (Phi) is 3.32. The van der Waals surface area contributed by atoms with Crippen LogP contribution in [0.5, 0.6) is 0 Å². The van der Waals surface area contributed by atoms with Gasteiger partial charge in [-0.2, -0.15) is 0 Å². The SMILES string of the molecule is Fc1cccc(C(=C2C=Nc3ccccc32)c2c[nH]c3ccccc23)c1. The first-order valence-corrected chi connectivity index (χ1v) is 8.51. The molecule has 0 radical (unpaired) electrons. The van der Waals surface area contributed by atoms with E-state index < -0.39 is 0 Å². The highest BCUT2D eigenvalue weighted by Gasteiger charge is 2.21. The van der Waals surface area contributed by atoms with E-state index >= 15 is 0 Å². The number of halogens is 1. The summed E-state index contributed by atoms with van der Waals surface area (Å²) < 4.78 is 14.0. The first-order chi connectivity index (χ1) is 12.8. The molecular formula is C23H15FN2. The van der Waals surface area contributed by atoms with Crippen molar-refractivity contribution in [3.8, 4) is 0 Å². The van der Waals surface area contributed by atoms with Gasteiger partial charge >= 0.3 is 0 Å². The van der Waals surface area contributed by atoms with E-state index in [0.29, 0.717) is 0 Å². The number of aromatic nitrogens is 1. The number of benzene rings is 3. The molecule has 1 aliphatic rings. The van der Waals surface area contributed by atoms with E-state index in [9.17, 15) is 4.39 Å². The van der Waals surface area contributed by atoms with Gasteiger partial charge in [-0.3, -0.25) is 4.99 Å². The predicted octanol–water partition coefficient (Wildman–Crippen LogP) is 5.98. The summed E-state index contributed by atoms with van der Waals surface area (Å²) in [5.41, 5.74) is 6.94. The van der Waals surface area contributed by atoms with Crippen LogP contribution in [0.3, 0.4) is 0 Å². The number of nitrogens with zero attached hydrogens (tertiary/aromatic N) is 1. The first-order valence-electron chi connectivity index (χ1n) is 8.51. The second-order valence-electron chi connectivity index (χ2n) is 6.32. The van der Waals surface area contributed by atoms with E-state index in [1.807, 2.05) is 54.9 Å². The van der Waals surface area contributed by atoms with Gasteiger partial charge in [-0.15, -0.1) is 0 Å². The van der Waals surface area contributed by atoms with Crippen LogP contribution >= 0.6 is 0 Å². The standard InChI is InChI=1S/C23H15FN2/c24-16-7-5-6-15(12-16)23(19-13-25-21-10-3-1-8-17(19)21)20-14-26-22-11-4-2-9-18(20)22/h1-14,25H. The third kappa shape index (κ3) is 2.29. The molecule has 4 aromatic rings. The fourth-order valence-corrected chi connectivity index (χ4v) is 3.60. The van der Waals surface area contributed by atoms with Gasteiger partial charge < -0.3 is 4.98 Å². The minimum atomic E-state index is -0.247. The van der Waals surface area contributed by atoms with Gasteiger partial charge in [0.25, 0.3) is 0 Å². The van der Waals surface area contributed by atoms with Crippen molar-refractivity contribution in [2.24, 2.45) is 4.99 Å². The molecule has 3 aromatic carbocycles. The maximum Gasteiger partial charge on any atom is 0.123 e. The summed E-state index contributed by atoms with van der Waals surface area (Å²) in [7, 11) is 0. The minimum absolute atomic E-state index is 0.247. The number of rotatable bonds is 2.